The van der Waals surface area contributed by atoms with Crippen molar-refractivity contribution >= 4 is 27.3 Å². The van der Waals surface area contributed by atoms with Gasteiger partial charge in [0.25, 0.3) is 0 Å². The molecule has 0 unspecified atom stereocenters. The normalized spacial score (nSPS) is 11.1. The summed E-state index contributed by atoms with van der Waals surface area (Å²) in [6.45, 7) is 2.23. The Balaban J connectivity index is 1.71. The maximum Gasteiger partial charge on any atom is 0.164 e. The number of carbonyl (C=O) groups is 1. The molecule has 0 aliphatic heterocycles. The van der Waals surface area contributed by atoms with Gasteiger partial charge in [0, 0.05) is 18.2 Å². The van der Waals surface area contributed by atoms with Gasteiger partial charge in [0.1, 0.15) is 0 Å². The maximum atomic E-state index is 12.1. The molecule has 0 radical (unpaired) electrons. The summed E-state index contributed by atoms with van der Waals surface area (Å²) in [5.74, 6) is 0.237. The van der Waals surface area contributed by atoms with Crippen LogP contribution in [-0.4, -0.2) is 10.8 Å². The third kappa shape index (κ3) is 4.41. The fraction of sp³-hybridized carbons (Fsp3) is 0.529. The molecule has 0 fully saturated rings. The summed E-state index contributed by atoms with van der Waals surface area (Å²) in [5, 5.41) is 2.02. The van der Waals surface area contributed by atoms with E-state index in [2.05, 4.69) is 11.9 Å². The van der Waals surface area contributed by atoms with Gasteiger partial charge in [-0.25, -0.2) is 0 Å². The fourth-order valence-corrected chi connectivity index (χ4v) is 3.17. The summed E-state index contributed by atoms with van der Waals surface area (Å²) >= 11 is 1.64. The van der Waals surface area contributed by atoms with Crippen molar-refractivity contribution in [3.05, 3.63) is 29.3 Å². The Morgan fingerprint density at radius 3 is 2.70 bits per heavy atom. The van der Waals surface area contributed by atoms with Crippen molar-refractivity contribution in [1.82, 2.24) is 4.98 Å². The molecule has 2 heterocycles. The molecule has 108 valence electrons. The van der Waals surface area contributed by atoms with E-state index in [1.165, 1.54) is 38.5 Å². The second-order valence-electron chi connectivity index (χ2n) is 5.32. The van der Waals surface area contributed by atoms with Gasteiger partial charge < -0.3 is 0 Å². The van der Waals surface area contributed by atoms with Crippen molar-refractivity contribution in [2.24, 2.45) is 0 Å². The van der Waals surface area contributed by atoms with E-state index in [1.807, 2.05) is 17.5 Å². The number of fused-ring (bicyclic) bond motifs is 1. The average Bonchev–Trinajstić information content (AvgIpc) is 2.93. The number of hydrogen-bond acceptors (Lipinski definition) is 3. The molecule has 0 saturated carbocycles. The predicted molar refractivity (Wildman–Crippen MR) is 86.6 cm³/mol. The number of rotatable bonds is 9. The quantitative estimate of drug-likeness (QED) is 0.443. The minimum Gasteiger partial charge on any atom is -0.294 e. The van der Waals surface area contributed by atoms with E-state index in [0.29, 0.717) is 6.42 Å². The molecule has 0 N–H and O–H groups in total. The molecular weight excluding hydrogens is 266 g/mol. The highest BCUT2D eigenvalue weighted by Gasteiger charge is 2.07. The first-order valence-corrected chi connectivity index (χ1v) is 8.55. The number of thiophene rings is 1. The number of nitrogens with zero attached hydrogens (tertiary/aromatic N) is 1. The van der Waals surface area contributed by atoms with E-state index < -0.39 is 0 Å². The van der Waals surface area contributed by atoms with Gasteiger partial charge in [0.15, 0.2) is 5.78 Å². The Morgan fingerprint density at radius 2 is 1.90 bits per heavy atom. The molecule has 0 aliphatic rings. The van der Waals surface area contributed by atoms with E-state index >= 15 is 0 Å². The number of Topliss-reactive ketones (excluding diaryl/α,β-unsaturated/α-hetero) is 1. The lowest BCUT2D eigenvalue weighted by Crippen LogP contribution is -1.99. The average molecular weight is 289 g/mol. The van der Waals surface area contributed by atoms with Gasteiger partial charge in [0.2, 0.25) is 0 Å². The lowest BCUT2D eigenvalue weighted by atomic mass is 10.0. The Bertz CT molecular complexity index is 547. The largest absolute Gasteiger partial charge is 0.294 e. The van der Waals surface area contributed by atoms with Gasteiger partial charge in [0.05, 0.1) is 10.2 Å². The number of pyridine rings is 1. The van der Waals surface area contributed by atoms with E-state index in [9.17, 15) is 4.79 Å². The Kier molecular flexibility index (Phi) is 6.19. The summed E-state index contributed by atoms with van der Waals surface area (Å²) in [6.07, 6.45) is 11.1. The van der Waals surface area contributed by atoms with Gasteiger partial charge >= 0.3 is 0 Å². The van der Waals surface area contributed by atoms with Crippen LogP contribution < -0.4 is 0 Å². The molecule has 0 spiro atoms. The lowest BCUT2D eigenvalue weighted by Gasteiger charge is -2.02. The Morgan fingerprint density at radius 1 is 1.15 bits per heavy atom. The monoisotopic (exact) mass is 289 g/mol. The third-order valence-electron chi connectivity index (χ3n) is 3.63. The minimum atomic E-state index is 0.237. The second kappa shape index (κ2) is 8.15. The van der Waals surface area contributed by atoms with E-state index in [4.69, 9.17) is 0 Å². The maximum absolute atomic E-state index is 12.1. The molecule has 2 aromatic rings. The Labute approximate surface area is 125 Å². The highest BCUT2D eigenvalue weighted by atomic mass is 32.1. The molecule has 0 saturated heterocycles. The van der Waals surface area contributed by atoms with E-state index in [1.54, 1.807) is 17.5 Å². The molecule has 0 aliphatic carbocycles. The van der Waals surface area contributed by atoms with Crippen molar-refractivity contribution in [3.8, 4) is 0 Å². The van der Waals surface area contributed by atoms with Crippen molar-refractivity contribution in [1.29, 1.82) is 0 Å². The molecule has 0 amide bonds. The first-order valence-electron chi connectivity index (χ1n) is 7.67. The Hall–Kier alpha value is -1.22. The minimum absolute atomic E-state index is 0.237. The third-order valence-corrected chi connectivity index (χ3v) is 4.49. The van der Waals surface area contributed by atoms with Crippen LogP contribution in [0.5, 0.6) is 0 Å². The summed E-state index contributed by atoms with van der Waals surface area (Å²) in [4.78, 5) is 16.4. The van der Waals surface area contributed by atoms with E-state index in [-0.39, 0.29) is 5.78 Å². The van der Waals surface area contributed by atoms with Crippen LogP contribution in [0.25, 0.3) is 10.2 Å². The summed E-state index contributed by atoms with van der Waals surface area (Å²) in [6, 6.07) is 3.97. The van der Waals surface area contributed by atoms with Crippen molar-refractivity contribution in [2.45, 2.75) is 58.3 Å². The number of ketones is 1. The highest BCUT2D eigenvalue weighted by Crippen LogP contribution is 2.20. The van der Waals surface area contributed by atoms with Crippen LogP contribution >= 0.6 is 11.3 Å². The topological polar surface area (TPSA) is 30.0 Å². The summed E-state index contributed by atoms with van der Waals surface area (Å²) in [7, 11) is 0. The van der Waals surface area contributed by atoms with Crippen molar-refractivity contribution in [2.75, 3.05) is 0 Å². The van der Waals surface area contributed by atoms with Crippen LogP contribution in [0.3, 0.4) is 0 Å². The highest BCUT2D eigenvalue weighted by molar-refractivity contribution is 7.17. The molecule has 2 aromatic heterocycles. The molecule has 0 aromatic carbocycles. The summed E-state index contributed by atoms with van der Waals surface area (Å²) in [5.41, 5.74) is 1.76. The number of aromatic nitrogens is 1. The smallest absolute Gasteiger partial charge is 0.164 e. The van der Waals surface area contributed by atoms with Crippen LogP contribution in [0.2, 0.25) is 0 Å². The van der Waals surface area contributed by atoms with E-state index in [0.717, 1.165) is 22.2 Å². The van der Waals surface area contributed by atoms with Crippen LogP contribution in [0.4, 0.5) is 0 Å². The first kappa shape index (κ1) is 15.2. The fourth-order valence-electron chi connectivity index (χ4n) is 2.39. The molecule has 0 bridgehead atoms. The zero-order valence-electron chi connectivity index (χ0n) is 12.2. The summed E-state index contributed by atoms with van der Waals surface area (Å²) < 4.78 is 1.11. The molecule has 0 atom stereocenters. The zero-order valence-corrected chi connectivity index (χ0v) is 13.0. The SMILES string of the molecule is CCCCCCCCCC(=O)c1cnc2ccsc2c1. The molecule has 3 heteroatoms. The molecule has 2 rings (SSSR count). The number of hydrogen-bond donors (Lipinski definition) is 0. The lowest BCUT2D eigenvalue weighted by molar-refractivity contribution is 0.0979. The van der Waals surface area contributed by atoms with Crippen LogP contribution in [0.15, 0.2) is 23.7 Å². The first-order chi connectivity index (χ1) is 9.81. The van der Waals surface area contributed by atoms with Crippen LogP contribution in [0, 0.1) is 0 Å². The van der Waals surface area contributed by atoms with Gasteiger partial charge in [-0.2, -0.15) is 0 Å². The molecule has 2 nitrogen and oxygen atoms in total. The zero-order chi connectivity index (χ0) is 14.2. The molecule has 20 heavy (non-hydrogen) atoms. The van der Waals surface area contributed by atoms with Crippen molar-refractivity contribution in [3.63, 3.8) is 0 Å². The van der Waals surface area contributed by atoms with Gasteiger partial charge in [-0.3, -0.25) is 9.78 Å². The standard InChI is InChI=1S/C17H23NOS/c1-2-3-4-5-6-7-8-9-16(19)14-12-17-15(18-13-14)10-11-20-17/h10-13H,2-9H2,1H3. The van der Waals surface area contributed by atoms with Crippen LogP contribution in [0.1, 0.15) is 68.6 Å². The van der Waals surface area contributed by atoms with Crippen molar-refractivity contribution < 1.29 is 4.79 Å². The van der Waals surface area contributed by atoms with Crippen LogP contribution in [-0.2, 0) is 0 Å². The predicted octanol–water partition coefficient (Wildman–Crippen LogP) is 5.62. The van der Waals surface area contributed by atoms with Gasteiger partial charge in [-0.1, -0.05) is 45.4 Å². The number of unbranched alkanes of at least 4 members (excludes halogenated alkanes) is 6. The van der Waals surface area contributed by atoms with Gasteiger partial charge in [-0.05, 0) is 23.9 Å². The number of carbonyl (C=O) groups excluding carboxylic acids is 1. The second-order valence-corrected chi connectivity index (χ2v) is 6.27. The van der Waals surface area contributed by atoms with Gasteiger partial charge in [-0.15, -0.1) is 11.3 Å². The molecular formula is C17H23NOS.